The van der Waals surface area contributed by atoms with E-state index in [0.29, 0.717) is 6.04 Å². The molecule has 0 radical (unpaired) electrons. The monoisotopic (exact) mass is 155 g/mol. The molecule has 0 unspecified atom stereocenters. The molecule has 0 fully saturated rings. The molecule has 1 aromatic rings. The highest BCUT2D eigenvalue weighted by atomic mass is 32.1. The zero-order chi connectivity index (χ0) is 7.40. The van der Waals surface area contributed by atoms with E-state index in [0.717, 1.165) is 6.42 Å². The molecular formula is C8H13NS. The van der Waals surface area contributed by atoms with Crippen molar-refractivity contribution >= 4 is 11.3 Å². The van der Waals surface area contributed by atoms with Crippen molar-refractivity contribution in [1.82, 2.24) is 5.32 Å². The number of hydrogen-bond acceptors (Lipinski definition) is 2. The minimum atomic E-state index is 0.596. The Labute approximate surface area is 66.1 Å². The van der Waals surface area contributed by atoms with E-state index in [-0.39, 0.29) is 0 Å². The van der Waals surface area contributed by atoms with Crippen LogP contribution in [0, 0.1) is 0 Å². The smallest absolute Gasteiger partial charge is 0.00840 e. The Morgan fingerprint density at radius 1 is 1.70 bits per heavy atom. The number of thiophene rings is 1. The van der Waals surface area contributed by atoms with Crippen molar-refractivity contribution in [2.24, 2.45) is 0 Å². The Morgan fingerprint density at radius 2 is 2.50 bits per heavy atom. The maximum Gasteiger partial charge on any atom is 0.00840 e. The lowest BCUT2D eigenvalue weighted by Crippen LogP contribution is -2.22. The molecule has 1 rings (SSSR count). The molecule has 0 amide bonds. The van der Waals surface area contributed by atoms with E-state index >= 15 is 0 Å². The second-order valence-corrected chi connectivity index (χ2v) is 3.51. The van der Waals surface area contributed by atoms with Crippen molar-refractivity contribution in [2.75, 3.05) is 7.05 Å². The highest BCUT2D eigenvalue weighted by molar-refractivity contribution is 7.09. The van der Waals surface area contributed by atoms with Crippen LogP contribution in [0.1, 0.15) is 11.8 Å². The Kier molecular flexibility index (Phi) is 2.90. The molecule has 0 saturated heterocycles. The molecule has 1 atom stereocenters. The minimum absolute atomic E-state index is 0.596. The molecule has 1 heterocycles. The Balaban J connectivity index is 2.40. The topological polar surface area (TPSA) is 12.0 Å². The predicted molar refractivity (Wildman–Crippen MR) is 46.5 cm³/mol. The molecule has 0 aromatic carbocycles. The third-order valence-corrected chi connectivity index (χ3v) is 2.48. The molecule has 10 heavy (non-hydrogen) atoms. The average molecular weight is 155 g/mol. The zero-order valence-electron chi connectivity index (χ0n) is 6.42. The summed E-state index contributed by atoms with van der Waals surface area (Å²) in [5.74, 6) is 0. The quantitative estimate of drug-likeness (QED) is 0.703. The molecular weight excluding hydrogens is 142 g/mol. The van der Waals surface area contributed by atoms with Gasteiger partial charge in [0.15, 0.2) is 0 Å². The summed E-state index contributed by atoms with van der Waals surface area (Å²) in [4.78, 5) is 1.46. The zero-order valence-corrected chi connectivity index (χ0v) is 7.24. The van der Waals surface area contributed by atoms with Crippen molar-refractivity contribution in [3.63, 3.8) is 0 Å². The number of nitrogens with one attached hydrogen (secondary N) is 1. The predicted octanol–water partition coefficient (Wildman–Crippen LogP) is 1.90. The van der Waals surface area contributed by atoms with Crippen LogP contribution in [0.25, 0.3) is 0 Å². The average Bonchev–Trinajstić information content (AvgIpc) is 2.40. The van der Waals surface area contributed by atoms with Crippen LogP contribution in [0.3, 0.4) is 0 Å². The van der Waals surface area contributed by atoms with Gasteiger partial charge >= 0.3 is 0 Å². The summed E-state index contributed by atoms with van der Waals surface area (Å²) in [6, 6.07) is 4.87. The fourth-order valence-corrected chi connectivity index (χ4v) is 1.67. The highest BCUT2D eigenvalue weighted by Crippen LogP contribution is 2.10. The van der Waals surface area contributed by atoms with Gasteiger partial charge in [-0.3, -0.25) is 0 Å². The lowest BCUT2D eigenvalue weighted by molar-refractivity contribution is 0.613. The summed E-state index contributed by atoms with van der Waals surface area (Å²) in [5.41, 5.74) is 0. The normalized spacial score (nSPS) is 13.4. The van der Waals surface area contributed by atoms with Crippen molar-refractivity contribution in [1.29, 1.82) is 0 Å². The summed E-state index contributed by atoms with van der Waals surface area (Å²) >= 11 is 1.83. The van der Waals surface area contributed by atoms with Gasteiger partial charge in [0.1, 0.15) is 0 Å². The van der Waals surface area contributed by atoms with E-state index in [9.17, 15) is 0 Å². The third kappa shape index (κ3) is 2.12. The third-order valence-electron chi connectivity index (χ3n) is 1.58. The summed E-state index contributed by atoms with van der Waals surface area (Å²) in [7, 11) is 2.00. The number of hydrogen-bond donors (Lipinski definition) is 1. The second kappa shape index (κ2) is 3.74. The van der Waals surface area contributed by atoms with Crippen molar-refractivity contribution in [3.05, 3.63) is 22.4 Å². The SMILES string of the molecule is CN[C@@H](C)Cc1cccs1. The molecule has 1 aromatic heterocycles. The van der Waals surface area contributed by atoms with Gasteiger partial charge in [-0.2, -0.15) is 0 Å². The van der Waals surface area contributed by atoms with Gasteiger partial charge in [0.2, 0.25) is 0 Å². The Morgan fingerprint density at radius 3 is 3.00 bits per heavy atom. The molecule has 56 valence electrons. The fraction of sp³-hybridized carbons (Fsp3) is 0.500. The largest absolute Gasteiger partial charge is 0.317 e. The first-order valence-corrected chi connectivity index (χ1v) is 4.40. The Bertz CT molecular complexity index is 169. The molecule has 0 aliphatic carbocycles. The van der Waals surface area contributed by atoms with E-state index in [2.05, 4.69) is 29.8 Å². The van der Waals surface area contributed by atoms with Crippen molar-refractivity contribution in [2.45, 2.75) is 19.4 Å². The van der Waals surface area contributed by atoms with Crippen molar-refractivity contribution in [3.8, 4) is 0 Å². The van der Waals surface area contributed by atoms with Crippen LogP contribution in [0.15, 0.2) is 17.5 Å². The maximum atomic E-state index is 3.21. The maximum absolute atomic E-state index is 3.21. The van der Waals surface area contributed by atoms with Gasteiger partial charge in [-0.1, -0.05) is 6.07 Å². The van der Waals surface area contributed by atoms with Gasteiger partial charge in [-0.05, 0) is 31.8 Å². The standard InChI is InChI=1S/C8H13NS/c1-7(9-2)6-8-4-3-5-10-8/h3-5,7,9H,6H2,1-2H3/t7-/m0/s1. The Hall–Kier alpha value is -0.340. The molecule has 1 N–H and O–H groups in total. The summed E-state index contributed by atoms with van der Waals surface area (Å²) in [5, 5.41) is 5.33. The van der Waals surface area contributed by atoms with Crippen LogP contribution in [0.2, 0.25) is 0 Å². The van der Waals surface area contributed by atoms with Crippen LogP contribution < -0.4 is 5.32 Å². The number of rotatable bonds is 3. The van der Waals surface area contributed by atoms with E-state index in [1.54, 1.807) is 0 Å². The van der Waals surface area contributed by atoms with Crippen LogP contribution in [-0.2, 0) is 6.42 Å². The lowest BCUT2D eigenvalue weighted by Gasteiger charge is -2.06. The second-order valence-electron chi connectivity index (χ2n) is 2.47. The van der Waals surface area contributed by atoms with Gasteiger partial charge < -0.3 is 5.32 Å². The van der Waals surface area contributed by atoms with Crippen LogP contribution in [0.4, 0.5) is 0 Å². The lowest BCUT2D eigenvalue weighted by atomic mass is 10.2. The van der Waals surface area contributed by atoms with Gasteiger partial charge in [0.25, 0.3) is 0 Å². The molecule has 0 bridgehead atoms. The fourth-order valence-electron chi connectivity index (χ4n) is 0.833. The van der Waals surface area contributed by atoms with E-state index in [1.165, 1.54) is 4.88 Å². The van der Waals surface area contributed by atoms with Gasteiger partial charge in [-0.15, -0.1) is 11.3 Å². The number of likely N-dealkylation sites (N-methyl/N-ethyl adjacent to an activating group) is 1. The van der Waals surface area contributed by atoms with Gasteiger partial charge in [0, 0.05) is 10.9 Å². The molecule has 2 heteroatoms. The highest BCUT2D eigenvalue weighted by Gasteiger charge is 1.99. The van der Waals surface area contributed by atoms with E-state index < -0.39 is 0 Å². The minimum Gasteiger partial charge on any atom is -0.317 e. The van der Waals surface area contributed by atoms with Crippen LogP contribution >= 0.6 is 11.3 Å². The summed E-state index contributed by atoms with van der Waals surface area (Å²) in [6.45, 7) is 2.19. The van der Waals surface area contributed by atoms with Crippen LogP contribution in [-0.4, -0.2) is 13.1 Å². The molecule has 0 saturated carbocycles. The molecule has 0 aliphatic heterocycles. The van der Waals surface area contributed by atoms with Gasteiger partial charge in [-0.25, -0.2) is 0 Å². The van der Waals surface area contributed by atoms with Crippen molar-refractivity contribution < 1.29 is 0 Å². The summed E-state index contributed by atoms with van der Waals surface area (Å²) in [6.07, 6.45) is 1.15. The van der Waals surface area contributed by atoms with Crippen LogP contribution in [0.5, 0.6) is 0 Å². The van der Waals surface area contributed by atoms with E-state index in [4.69, 9.17) is 0 Å². The molecule has 0 spiro atoms. The first kappa shape index (κ1) is 7.76. The first-order valence-electron chi connectivity index (χ1n) is 3.52. The van der Waals surface area contributed by atoms with Gasteiger partial charge in [0.05, 0.1) is 0 Å². The summed E-state index contributed by atoms with van der Waals surface area (Å²) < 4.78 is 0. The van der Waals surface area contributed by atoms with E-state index in [1.807, 2.05) is 18.4 Å². The first-order chi connectivity index (χ1) is 4.83. The molecule has 1 nitrogen and oxygen atoms in total. The molecule has 0 aliphatic rings.